The summed E-state index contributed by atoms with van der Waals surface area (Å²) in [4.78, 5) is 24.3. The maximum atomic E-state index is 11.6. The van der Waals surface area contributed by atoms with Crippen molar-refractivity contribution in [1.29, 1.82) is 0 Å². The lowest BCUT2D eigenvalue weighted by Crippen LogP contribution is -2.19. The van der Waals surface area contributed by atoms with Crippen molar-refractivity contribution in [2.75, 3.05) is 18.3 Å². The van der Waals surface area contributed by atoms with E-state index in [-0.39, 0.29) is 11.5 Å². The topological polar surface area (TPSA) is 103 Å². The van der Waals surface area contributed by atoms with Gasteiger partial charge in [0.05, 0.1) is 19.0 Å². The first-order valence-corrected chi connectivity index (χ1v) is 9.27. The Balaban J connectivity index is 2.57. The fourth-order valence-corrected chi connectivity index (χ4v) is 3.13. The first-order chi connectivity index (χ1) is 11.4. The van der Waals surface area contributed by atoms with E-state index in [2.05, 4.69) is 4.98 Å². The van der Waals surface area contributed by atoms with Gasteiger partial charge in [-0.15, -0.1) is 0 Å². The highest BCUT2D eigenvalue weighted by Gasteiger charge is 2.23. The molecule has 2 rings (SSSR count). The third kappa shape index (κ3) is 4.47. The fourth-order valence-electron chi connectivity index (χ4n) is 2.43. The van der Waals surface area contributed by atoms with Gasteiger partial charge in [0.15, 0.2) is 11.5 Å². The molecule has 24 heavy (non-hydrogen) atoms. The second-order valence-electron chi connectivity index (χ2n) is 5.35. The highest BCUT2D eigenvalue weighted by Crippen LogP contribution is 2.43. The van der Waals surface area contributed by atoms with Crippen LogP contribution in [0.3, 0.4) is 0 Å². The minimum atomic E-state index is -4.32. The van der Waals surface area contributed by atoms with E-state index >= 15 is 0 Å². The van der Waals surface area contributed by atoms with Gasteiger partial charge in [-0.1, -0.05) is 13.3 Å². The molecule has 1 aromatic heterocycles. The van der Waals surface area contributed by atoms with E-state index in [1.165, 1.54) is 18.2 Å². The summed E-state index contributed by atoms with van der Waals surface area (Å²) in [5, 5.41) is 10.2. The number of rotatable bonds is 7. The zero-order chi connectivity index (χ0) is 17.7. The molecule has 0 aliphatic rings. The van der Waals surface area contributed by atoms with Gasteiger partial charge in [-0.3, -0.25) is 9.55 Å². The molecule has 0 spiro atoms. The molecular formula is C16H21N2O5P. The maximum absolute atomic E-state index is 11.6. The maximum Gasteiger partial charge on any atom is 0.345 e. The summed E-state index contributed by atoms with van der Waals surface area (Å²) < 4.78 is 16.8. The molecule has 0 unspecified atom stereocenters. The van der Waals surface area contributed by atoms with Gasteiger partial charge >= 0.3 is 7.60 Å². The number of methoxy groups -OCH3 is 1. The van der Waals surface area contributed by atoms with Gasteiger partial charge in [-0.2, -0.15) is 0 Å². The van der Waals surface area contributed by atoms with Crippen LogP contribution in [0.2, 0.25) is 0 Å². The average molecular weight is 352 g/mol. The Labute approximate surface area is 140 Å². The van der Waals surface area contributed by atoms with Crippen LogP contribution < -0.4 is 9.64 Å². The Bertz CT molecular complexity index is 733. The molecule has 0 aliphatic heterocycles. The number of aryl methyl sites for hydroxylation is 1. The number of nitrogens with zero attached hydrogens (tertiary/aromatic N) is 2. The Morgan fingerprint density at radius 2 is 2.04 bits per heavy atom. The predicted molar refractivity (Wildman–Crippen MR) is 91.9 cm³/mol. The molecule has 0 fully saturated rings. The van der Waals surface area contributed by atoms with Crippen molar-refractivity contribution < 1.29 is 24.2 Å². The first-order valence-electron chi connectivity index (χ1n) is 7.47. The quantitative estimate of drug-likeness (QED) is 0.658. The zero-order valence-corrected chi connectivity index (χ0v) is 14.5. The summed E-state index contributed by atoms with van der Waals surface area (Å²) in [5.41, 5.74) is 1.71. The summed E-state index contributed by atoms with van der Waals surface area (Å²) in [6.45, 7) is 1.98. The summed E-state index contributed by atoms with van der Waals surface area (Å²) in [5.74, 6) is 0.306. The minimum Gasteiger partial charge on any atom is -0.504 e. The predicted octanol–water partition coefficient (Wildman–Crippen LogP) is 3.02. The number of benzene rings is 1. The second kappa shape index (κ2) is 7.66. The van der Waals surface area contributed by atoms with E-state index in [9.17, 15) is 19.5 Å². The van der Waals surface area contributed by atoms with Crippen LogP contribution in [0.25, 0.3) is 0 Å². The lowest BCUT2D eigenvalue weighted by molar-refractivity contribution is 0.370. The van der Waals surface area contributed by atoms with E-state index < -0.39 is 13.9 Å². The van der Waals surface area contributed by atoms with Gasteiger partial charge in [0, 0.05) is 18.0 Å². The smallest absolute Gasteiger partial charge is 0.345 e. The first kappa shape index (κ1) is 18.3. The van der Waals surface area contributed by atoms with Gasteiger partial charge in [0.1, 0.15) is 6.29 Å². The van der Waals surface area contributed by atoms with E-state index in [4.69, 9.17) is 4.74 Å². The van der Waals surface area contributed by atoms with Crippen molar-refractivity contribution in [2.45, 2.75) is 19.8 Å². The van der Waals surface area contributed by atoms with Gasteiger partial charge in [-0.25, -0.2) is 0 Å². The number of phenolic OH excluding ortho intramolecular Hbond substituents is 1. The summed E-state index contributed by atoms with van der Waals surface area (Å²) in [6, 6.07) is 6.66. The van der Waals surface area contributed by atoms with Crippen molar-refractivity contribution in [3.63, 3.8) is 0 Å². The lowest BCUT2D eigenvalue weighted by atomic mass is 10.1. The van der Waals surface area contributed by atoms with Gasteiger partial charge < -0.3 is 24.5 Å². The number of hydrogen-bond acceptors (Lipinski definition) is 5. The summed E-state index contributed by atoms with van der Waals surface area (Å²) >= 11 is 0. The number of phenols is 1. The van der Waals surface area contributed by atoms with Crippen molar-refractivity contribution in [3.8, 4) is 11.5 Å². The molecule has 2 aromatic rings. The Hall–Kier alpha value is -2.08. The molecule has 0 saturated heterocycles. The summed E-state index contributed by atoms with van der Waals surface area (Å²) in [6.07, 6.45) is 4.03. The van der Waals surface area contributed by atoms with E-state index in [0.717, 1.165) is 6.42 Å². The molecular weight excluding hydrogens is 331 g/mol. The highest BCUT2D eigenvalue weighted by atomic mass is 31.2. The monoisotopic (exact) mass is 352 g/mol. The average Bonchev–Trinajstić information content (AvgIpc) is 2.55. The third-order valence-electron chi connectivity index (χ3n) is 3.47. The molecule has 0 atom stereocenters. The van der Waals surface area contributed by atoms with E-state index in [0.29, 0.717) is 23.4 Å². The highest BCUT2D eigenvalue weighted by molar-refractivity contribution is 7.51. The number of aromatic nitrogens is 1. The van der Waals surface area contributed by atoms with Crippen LogP contribution in [0, 0.1) is 0 Å². The van der Waals surface area contributed by atoms with Crippen LogP contribution in [-0.4, -0.2) is 33.3 Å². The minimum absolute atomic E-state index is 0.0467. The Kier molecular flexibility index (Phi) is 5.83. The second-order valence-corrected chi connectivity index (χ2v) is 6.96. The largest absolute Gasteiger partial charge is 0.504 e. The van der Waals surface area contributed by atoms with Crippen LogP contribution in [0.4, 0.5) is 11.4 Å². The van der Waals surface area contributed by atoms with Crippen LogP contribution >= 0.6 is 7.60 Å². The van der Waals surface area contributed by atoms with E-state index in [1.54, 1.807) is 30.5 Å². The van der Waals surface area contributed by atoms with Crippen LogP contribution in [0.15, 0.2) is 36.7 Å². The van der Waals surface area contributed by atoms with Crippen LogP contribution in [-0.2, 0) is 11.0 Å². The number of pyridine rings is 1. The van der Waals surface area contributed by atoms with E-state index in [1.807, 2.05) is 6.92 Å². The molecule has 8 heteroatoms. The molecule has 3 N–H and O–H groups in total. The molecule has 1 heterocycles. The normalized spacial score (nSPS) is 11.3. The van der Waals surface area contributed by atoms with Crippen LogP contribution in [0.1, 0.15) is 18.9 Å². The number of ether oxygens (including phenoxy) is 1. The molecule has 0 aliphatic carbocycles. The molecule has 0 radical (unpaired) electrons. The Morgan fingerprint density at radius 3 is 2.58 bits per heavy atom. The van der Waals surface area contributed by atoms with Crippen LogP contribution in [0.5, 0.6) is 11.5 Å². The molecule has 1 aromatic carbocycles. The summed E-state index contributed by atoms with van der Waals surface area (Å²) in [7, 11) is -2.89. The zero-order valence-electron chi connectivity index (χ0n) is 13.6. The molecule has 0 bridgehead atoms. The Morgan fingerprint density at radius 1 is 1.29 bits per heavy atom. The number of aromatic hydroxyl groups is 1. The van der Waals surface area contributed by atoms with Gasteiger partial charge in [-0.05, 0) is 30.2 Å². The molecule has 130 valence electrons. The lowest BCUT2D eigenvalue weighted by Gasteiger charge is -2.26. The van der Waals surface area contributed by atoms with Crippen molar-refractivity contribution >= 4 is 19.0 Å². The SMILES string of the molecule is CCCc1cc(N(CP(=O)(O)O)c2cccnc2)cc(OC)c1O. The van der Waals surface area contributed by atoms with Crippen molar-refractivity contribution in [2.24, 2.45) is 0 Å². The standard InChI is InChI=1S/C16H21N2O5P/c1-3-5-12-8-14(9-15(23-2)16(12)19)18(11-24(20,21)22)13-6-4-7-17-10-13/h4,6-10,19H,3,5,11H2,1-2H3,(H2,20,21,22). The number of anilines is 2. The van der Waals surface area contributed by atoms with Gasteiger partial charge in [0.25, 0.3) is 0 Å². The molecule has 0 saturated carbocycles. The number of hydrogen-bond donors (Lipinski definition) is 3. The third-order valence-corrected chi connectivity index (χ3v) is 4.12. The molecule has 0 amide bonds. The van der Waals surface area contributed by atoms with Gasteiger partial charge in [0.2, 0.25) is 0 Å². The molecule has 7 nitrogen and oxygen atoms in total. The van der Waals surface area contributed by atoms with Crippen molar-refractivity contribution in [3.05, 3.63) is 42.2 Å². The fraction of sp³-hybridized carbons (Fsp3) is 0.312. The van der Waals surface area contributed by atoms with Crippen molar-refractivity contribution in [1.82, 2.24) is 4.98 Å².